The number of alkyl halides is 3. The molecule has 1 amide bonds. The Balaban J connectivity index is 1.74. The molecule has 2 aromatic rings. The van der Waals surface area contributed by atoms with E-state index in [9.17, 15) is 23.1 Å². The van der Waals surface area contributed by atoms with E-state index in [2.05, 4.69) is 10.3 Å². The number of amides is 1. The maximum atomic E-state index is 12.9. The molecule has 0 fully saturated rings. The number of ether oxygens (including phenoxy) is 1. The third-order valence-electron chi connectivity index (χ3n) is 6.27. The van der Waals surface area contributed by atoms with Crippen molar-refractivity contribution in [1.29, 1.82) is 0 Å². The van der Waals surface area contributed by atoms with Crippen LogP contribution in [-0.4, -0.2) is 74.7 Å². The number of aliphatic hydroxyl groups is 1. The number of rotatable bonds is 6. The first-order chi connectivity index (χ1) is 16.6. The predicted octanol–water partition coefficient (Wildman–Crippen LogP) is 2.95. The fourth-order valence-corrected chi connectivity index (χ4v) is 4.18. The van der Waals surface area contributed by atoms with Crippen molar-refractivity contribution in [1.82, 2.24) is 24.8 Å². The number of hydrogen-bond donors (Lipinski definition) is 1. The highest BCUT2D eigenvalue weighted by Gasteiger charge is 2.30. The van der Waals surface area contributed by atoms with Crippen molar-refractivity contribution in [3.05, 3.63) is 47.3 Å². The van der Waals surface area contributed by atoms with E-state index in [0.29, 0.717) is 44.7 Å². The Morgan fingerprint density at radius 2 is 2.00 bits per heavy atom. The number of benzene rings is 1. The Morgan fingerprint density at radius 3 is 2.66 bits per heavy atom. The van der Waals surface area contributed by atoms with E-state index in [4.69, 9.17) is 4.74 Å². The molecule has 8 nitrogen and oxygen atoms in total. The van der Waals surface area contributed by atoms with Gasteiger partial charge in [-0.2, -0.15) is 13.2 Å². The molecular formula is C24H34F3N5O3. The van der Waals surface area contributed by atoms with E-state index in [1.807, 2.05) is 32.0 Å². The molecule has 3 atom stereocenters. The van der Waals surface area contributed by atoms with Crippen LogP contribution >= 0.6 is 0 Å². The molecule has 11 heteroatoms. The first-order valence-corrected chi connectivity index (χ1v) is 11.8. The summed E-state index contributed by atoms with van der Waals surface area (Å²) >= 11 is 0. The van der Waals surface area contributed by atoms with Crippen molar-refractivity contribution in [2.45, 2.75) is 64.7 Å². The summed E-state index contributed by atoms with van der Waals surface area (Å²) in [6, 6.07) is 4.82. The lowest BCUT2D eigenvalue weighted by molar-refractivity contribution is -0.137. The quantitative estimate of drug-likeness (QED) is 0.661. The molecule has 1 aliphatic heterocycles. The number of carbonyl (C=O) groups is 1. The molecule has 2 heterocycles. The highest BCUT2D eigenvalue weighted by molar-refractivity contribution is 5.76. The minimum absolute atomic E-state index is 0.0326. The molecule has 1 N–H and O–H groups in total. The van der Waals surface area contributed by atoms with Crippen LogP contribution in [0.2, 0.25) is 0 Å². The van der Waals surface area contributed by atoms with Gasteiger partial charge in [0.1, 0.15) is 5.69 Å². The largest absolute Gasteiger partial charge is 0.416 e. The Bertz CT molecular complexity index is 951. The Morgan fingerprint density at radius 1 is 1.29 bits per heavy atom. The van der Waals surface area contributed by atoms with E-state index >= 15 is 0 Å². The number of aliphatic hydroxyl groups excluding tert-OH is 1. The Kier molecular flexibility index (Phi) is 9.26. The van der Waals surface area contributed by atoms with Crippen molar-refractivity contribution in [2.75, 3.05) is 26.7 Å². The van der Waals surface area contributed by atoms with Crippen LogP contribution in [0.3, 0.4) is 0 Å². The van der Waals surface area contributed by atoms with Crippen LogP contribution in [0.1, 0.15) is 43.5 Å². The van der Waals surface area contributed by atoms with Crippen LogP contribution < -0.4 is 0 Å². The number of hydrogen-bond acceptors (Lipinski definition) is 6. The van der Waals surface area contributed by atoms with Crippen LogP contribution in [0.5, 0.6) is 0 Å². The maximum absolute atomic E-state index is 12.9. The molecule has 0 aliphatic carbocycles. The predicted molar refractivity (Wildman–Crippen MR) is 123 cm³/mol. The fraction of sp³-hybridized carbons (Fsp3) is 0.625. The molecule has 1 aromatic heterocycles. The average Bonchev–Trinajstić information content (AvgIpc) is 3.26. The summed E-state index contributed by atoms with van der Waals surface area (Å²) in [7, 11) is 1.88. The molecule has 0 unspecified atom stereocenters. The van der Waals surface area contributed by atoms with Gasteiger partial charge < -0.3 is 14.7 Å². The van der Waals surface area contributed by atoms with Crippen LogP contribution in [-0.2, 0) is 35.4 Å². The lowest BCUT2D eigenvalue weighted by atomic mass is 10.0. The topological polar surface area (TPSA) is 83.7 Å². The third-order valence-corrected chi connectivity index (χ3v) is 6.27. The van der Waals surface area contributed by atoms with Gasteiger partial charge in [-0.25, -0.2) is 0 Å². The van der Waals surface area contributed by atoms with Gasteiger partial charge in [0.05, 0.1) is 37.1 Å². The Labute approximate surface area is 203 Å². The van der Waals surface area contributed by atoms with Gasteiger partial charge in [-0.3, -0.25) is 14.4 Å². The number of carbonyl (C=O) groups excluding carboxylic acids is 1. The summed E-state index contributed by atoms with van der Waals surface area (Å²) in [4.78, 5) is 16.6. The lowest BCUT2D eigenvalue weighted by Crippen LogP contribution is -2.47. The third kappa shape index (κ3) is 7.74. The highest BCUT2D eigenvalue weighted by Crippen LogP contribution is 2.29. The molecule has 194 valence electrons. The van der Waals surface area contributed by atoms with E-state index in [0.717, 1.165) is 17.7 Å². The summed E-state index contributed by atoms with van der Waals surface area (Å²) in [5, 5.41) is 18.0. The van der Waals surface area contributed by atoms with Crippen molar-refractivity contribution in [2.24, 2.45) is 5.92 Å². The number of nitrogens with zero attached hydrogens (tertiary/aromatic N) is 5. The molecule has 1 aromatic carbocycles. The monoisotopic (exact) mass is 497 g/mol. The van der Waals surface area contributed by atoms with Gasteiger partial charge in [0.15, 0.2) is 0 Å². The van der Waals surface area contributed by atoms with Gasteiger partial charge in [-0.05, 0) is 38.1 Å². The highest BCUT2D eigenvalue weighted by atomic mass is 19.4. The van der Waals surface area contributed by atoms with Gasteiger partial charge in [-0.1, -0.05) is 24.3 Å². The fourth-order valence-electron chi connectivity index (χ4n) is 4.18. The van der Waals surface area contributed by atoms with Gasteiger partial charge >= 0.3 is 6.18 Å². The minimum atomic E-state index is -4.36. The van der Waals surface area contributed by atoms with Crippen LogP contribution in [0.4, 0.5) is 13.2 Å². The summed E-state index contributed by atoms with van der Waals surface area (Å²) in [6.07, 6.45) is -1.89. The summed E-state index contributed by atoms with van der Waals surface area (Å²) < 4.78 is 46.5. The maximum Gasteiger partial charge on any atom is 0.416 e. The van der Waals surface area contributed by atoms with Gasteiger partial charge in [-0.15, -0.1) is 5.10 Å². The van der Waals surface area contributed by atoms with Gasteiger partial charge in [0.2, 0.25) is 5.91 Å². The van der Waals surface area contributed by atoms with E-state index in [-0.39, 0.29) is 37.2 Å². The zero-order valence-corrected chi connectivity index (χ0v) is 20.4. The van der Waals surface area contributed by atoms with Crippen LogP contribution in [0, 0.1) is 5.92 Å². The van der Waals surface area contributed by atoms with Crippen molar-refractivity contribution < 1.29 is 27.8 Å². The number of fused-ring (bicyclic) bond motifs is 2. The molecule has 35 heavy (non-hydrogen) atoms. The molecule has 1 aliphatic rings. The SMILES string of the molecule is C[C@@H]1CN([C@H](C)CO)C(=O)CCCn2cc(nn2)CO[C@H]1CN(C)Cc1ccc(C(F)(F)F)cc1. The van der Waals surface area contributed by atoms with E-state index in [1.165, 1.54) is 12.1 Å². The molecule has 0 radical (unpaired) electrons. The van der Waals surface area contributed by atoms with Crippen molar-refractivity contribution in [3.8, 4) is 0 Å². The van der Waals surface area contributed by atoms with Gasteiger partial charge in [0.25, 0.3) is 0 Å². The van der Waals surface area contributed by atoms with Gasteiger partial charge in [0, 0.05) is 38.5 Å². The standard InChI is InChI=1S/C24H34F3N5O3/c1-17-11-32(18(2)15-33)23(34)5-4-10-31-13-21(28-29-31)16-35-22(17)14-30(3)12-19-6-8-20(9-7-19)24(25,26)27/h6-9,13,17-18,22,33H,4-5,10-12,14-16H2,1-3H3/t17-,18-,22+/m1/s1. The molecule has 2 bridgehead atoms. The zero-order chi connectivity index (χ0) is 25.6. The second kappa shape index (κ2) is 12.0. The smallest absolute Gasteiger partial charge is 0.394 e. The number of aryl methyl sites for hydroxylation is 1. The minimum Gasteiger partial charge on any atom is -0.394 e. The van der Waals surface area contributed by atoms with Crippen LogP contribution in [0.15, 0.2) is 30.5 Å². The Hall–Kier alpha value is -2.50. The number of likely N-dealkylation sites (N-methyl/N-ethyl adjacent to an activating group) is 1. The first-order valence-electron chi connectivity index (χ1n) is 11.8. The molecule has 3 rings (SSSR count). The van der Waals surface area contributed by atoms with E-state index in [1.54, 1.807) is 9.58 Å². The summed E-state index contributed by atoms with van der Waals surface area (Å²) in [5.74, 6) is -0.103. The number of halogens is 3. The zero-order valence-electron chi connectivity index (χ0n) is 20.4. The summed E-state index contributed by atoms with van der Waals surface area (Å²) in [6.45, 7) is 5.85. The number of aromatic nitrogens is 3. The second-order valence-electron chi connectivity index (χ2n) is 9.37. The van der Waals surface area contributed by atoms with Crippen molar-refractivity contribution >= 4 is 5.91 Å². The van der Waals surface area contributed by atoms with Crippen LogP contribution in [0.25, 0.3) is 0 Å². The molecule has 0 spiro atoms. The van der Waals surface area contributed by atoms with Crippen molar-refractivity contribution in [3.63, 3.8) is 0 Å². The van der Waals surface area contributed by atoms with E-state index < -0.39 is 11.7 Å². The first kappa shape index (κ1) is 27.1. The molecular weight excluding hydrogens is 463 g/mol. The summed E-state index contributed by atoms with van der Waals surface area (Å²) in [5.41, 5.74) is 0.775. The average molecular weight is 498 g/mol. The molecule has 0 saturated heterocycles. The molecule has 0 saturated carbocycles. The normalized spacial score (nSPS) is 21.4. The second-order valence-corrected chi connectivity index (χ2v) is 9.37. The lowest BCUT2D eigenvalue weighted by Gasteiger charge is -2.35.